The van der Waals surface area contributed by atoms with E-state index in [2.05, 4.69) is 20.9 Å². The topological polar surface area (TPSA) is 52.8 Å². The van der Waals surface area contributed by atoms with Crippen LogP contribution in [0.4, 0.5) is 5.69 Å². The fourth-order valence-corrected chi connectivity index (χ4v) is 1.95. The molecule has 0 spiro atoms. The maximum absolute atomic E-state index is 8.76. The van der Waals surface area contributed by atoms with Crippen LogP contribution in [-0.2, 0) is 6.54 Å². The summed E-state index contributed by atoms with van der Waals surface area (Å²) in [6, 6.07) is 9.76. The van der Waals surface area contributed by atoms with Crippen LogP contribution in [0.25, 0.3) is 0 Å². The third-order valence-corrected chi connectivity index (χ3v) is 2.87. The highest BCUT2D eigenvalue weighted by molar-refractivity contribution is 6.29. The van der Waals surface area contributed by atoms with Crippen molar-refractivity contribution in [1.29, 1.82) is 5.26 Å². The Hall–Kier alpha value is -2.12. The van der Waals surface area contributed by atoms with Crippen LogP contribution in [-0.4, -0.2) is 16.5 Å². The summed E-state index contributed by atoms with van der Waals surface area (Å²) >= 11 is 5.91. The molecule has 0 fully saturated rings. The van der Waals surface area contributed by atoms with Crippen molar-refractivity contribution in [3.8, 4) is 6.07 Å². The van der Waals surface area contributed by atoms with E-state index >= 15 is 0 Å². The average Bonchev–Trinajstić information content (AvgIpc) is 2.44. The fraction of sp³-hybridized carbons (Fsp3) is 0.214. The van der Waals surface area contributed by atoms with E-state index in [9.17, 15) is 0 Å². The van der Waals surface area contributed by atoms with E-state index in [1.54, 1.807) is 18.5 Å². The highest BCUT2D eigenvalue weighted by Gasteiger charge is 2.08. The number of pyridine rings is 2. The molecule has 0 bridgehead atoms. The van der Waals surface area contributed by atoms with E-state index in [0.717, 1.165) is 11.3 Å². The van der Waals surface area contributed by atoms with Gasteiger partial charge in [-0.25, -0.2) is 4.98 Å². The third-order valence-electron chi connectivity index (χ3n) is 2.67. The molecule has 2 aromatic rings. The molecule has 0 saturated heterocycles. The Morgan fingerprint density at radius 2 is 2.21 bits per heavy atom. The normalized spacial score (nSPS) is 9.89. The van der Waals surface area contributed by atoms with Crippen molar-refractivity contribution in [2.45, 2.75) is 13.0 Å². The zero-order valence-electron chi connectivity index (χ0n) is 10.3. The van der Waals surface area contributed by atoms with Crippen molar-refractivity contribution >= 4 is 17.3 Å². The molecular formula is C14H13ClN4. The Labute approximate surface area is 117 Å². The monoisotopic (exact) mass is 272 g/mol. The highest BCUT2D eigenvalue weighted by atomic mass is 35.5. The highest BCUT2D eigenvalue weighted by Crippen LogP contribution is 2.19. The van der Waals surface area contributed by atoms with Crippen LogP contribution in [0.3, 0.4) is 0 Å². The molecule has 0 atom stereocenters. The molecule has 2 aromatic heterocycles. The van der Waals surface area contributed by atoms with Crippen molar-refractivity contribution in [2.24, 2.45) is 0 Å². The summed E-state index contributed by atoms with van der Waals surface area (Å²) in [6.45, 7) is 1.33. The SMILES string of the molecule is N#CCCN(Cc1cccnc1)c1ccnc(Cl)c1. The molecule has 0 radical (unpaired) electrons. The molecule has 0 unspecified atom stereocenters. The van der Waals surface area contributed by atoms with Crippen molar-refractivity contribution in [1.82, 2.24) is 9.97 Å². The molecule has 19 heavy (non-hydrogen) atoms. The van der Waals surface area contributed by atoms with Gasteiger partial charge in [0.2, 0.25) is 0 Å². The van der Waals surface area contributed by atoms with E-state index in [-0.39, 0.29) is 0 Å². The minimum Gasteiger partial charge on any atom is -0.366 e. The molecule has 0 aromatic carbocycles. The molecule has 96 valence electrons. The van der Waals surface area contributed by atoms with Crippen LogP contribution < -0.4 is 4.90 Å². The minimum atomic E-state index is 0.450. The van der Waals surface area contributed by atoms with Gasteiger partial charge in [-0.15, -0.1) is 0 Å². The number of hydrogen-bond donors (Lipinski definition) is 0. The molecule has 5 heteroatoms. The lowest BCUT2D eigenvalue weighted by Gasteiger charge is -2.23. The number of hydrogen-bond acceptors (Lipinski definition) is 4. The summed E-state index contributed by atoms with van der Waals surface area (Å²) in [7, 11) is 0. The zero-order chi connectivity index (χ0) is 13.5. The molecule has 0 saturated carbocycles. The van der Waals surface area contributed by atoms with Crippen molar-refractivity contribution < 1.29 is 0 Å². The van der Waals surface area contributed by atoms with Crippen LogP contribution in [0.2, 0.25) is 5.15 Å². The van der Waals surface area contributed by atoms with Gasteiger partial charge < -0.3 is 4.90 Å². The van der Waals surface area contributed by atoms with Crippen LogP contribution >= 0.6 is 11.6 Å². The van der Waals surface area contributed by atoms with Gasteiger partial charge in [-0.05, 0) is 23.8 Å². The van der Waals surface area contributed by atoms with E-state index in [0.29, 0.717) is 24.7 Å². The number of nitriles is 1. The molecular weight excluding hydrogens is 260 g/mol. The number of rotatable bonds is 5. The standard InChI is InChI=1S/C14H13ClN4/c15-14-9-13(4-7-18-14)19(8-2-5-16)11-12-3-1-6-17-10-12/h1,3-4,6-7,9-10H,2,8,11H2. The largest absolute Gasteiger partial charge is 0.366 e. The van der Waals surface area contributed by atoms with Crippen LogP contribution in [0.15, 0.2) is 42.9 Å². The smallest absolute Gasteiger partial charge is 0.131 e. The van der Waals surface area contributed by atoms with Gasteiger partial charge in [-0.2, -0.15) is 5.26 Å². The number of anilines is 1. The predicted octanol–water partition coefficient (Wildman–Crippen LogP) is 3.05. The summed E-state index contributed by atoms with van der Waals surface area (Å²) in [5.41, 5.74) is 2.05. The van der Waals surface area contributed by atoms with Gasteiger partial charge in [0, 0.05) is 37.4 Å². The zero-order valence-corrected chi connectivity index (χ0v) is 11.1. The Balaban J connectivity index is 2.19. The van der Waals surface area contributed by atoms with E-state index in [1.807, 2.05) is 24.4 Å². The van der Waals surface area contributed by atoms with Crippen LogP contribution in [0, 0.1) is 11.3 Å². The predicted molar refractivity (Wildman–Crippen MR) is 74.8 cm³/mol. The van der Waals surface area contributed by atoms with Gasteiger partial charge in [0.15, 0.2) is 0 Å². The molecule has 0 N–H and O–H groups in total. The Morgan fingerprint density at radius 3 is 2.89 bits per heavy atom. The van der Waals surface area contributed by atoms with Crippen molar-refractivity contribution in [2.75, 3.05) is 11.4 Å². The third kappa shape index (κ3) is 3.94. The van der Waals surface area contributed by atoms with Gasteiger partial charge in [0.1, 0.15) is 5.15 Å². The number of halogens is 1. The second-order valence-electron chi connectivity index (χ2n) is 4.03. The average molecular weight is 273 g/mol. The summed E-state index contributed by atoms with van der Waals surface area (Å²) in [5.74, 6) is 0. The van der Waals surface area contributed by atoms with Gasteiger partial charge in [0.05, 0.1) is 12.5 Å². The van der Waals surface area contributed by atoms with E-state index < -0.39 is 0 Å². The lowest BCUT2D eigenvalue weighted by Crippen LogP contribution is -2.23. The van der Waals surface area contributed by atoms with E-state index in [1.165, 1.54) is 0 Å². The van der Waals surface area contributed by atoms with Crippen molar-refractivity contribution in [3.63, 3.8) is 0 Å². The molecule has 0 amide bonds. The van der Waals surface area contributed by atoms with Gasteiger partial charge in [0.25, 0.3) is 0 Å². The molecule has 2 rings (SSSR count). The molecule has 0 aliphatic rings. The minimum absolute atomic E-state index is 0.450. The Kier molecular flexibility index (Phi) is 4.71. The molecule has 4 nitrogen and oxygen atoms in total. The fourth-order valence-electron chi connectivity index (χ4n) is 1.79. The molecule has 0 aliphatic heterocycles. The van der Waals surface area contributed by atoms with Gasteiger partial charge >= 0.3 is 0 Å². The summed E-state index contributed by atoms with van der Waals surface area (Å²) in [4.78, 5) is 10.2. The lowest BCUT2D eigenvalue weighted by atomic mass is 10.2. The second-order valence-corrected chi connectivity index (χ2v) is 4.41. The first-order chi connectivity index (χ1) is 9.29. The summed E-state index contributed by atoms with van der Waals surface area (Å²) < 4.78 is 0. The molecule has 2 heterocycles. The quantitative estimate of drug-likeness (QED) is 0.785. The summed E-state index contributed by atoms with van der Waals surface area (Å²) in [5, 5.41) is 9.20. The lowest BCUT2D eigenvalue weighted by molar-refractivity contribution is 0.794. The number of nitrogens with zero attached hydrogens (tertiary/aromatic N) is 4. The summed E-state index contributed by atoms with van der Waals surface area (Å²) in [6.07, 6.45) is 5.69. The Morgan fingerprint density at radius 1 is 1.32 bits per heavy atom. The van der Waals surface area contributed by atoms with E-state index in [4.69, 9.17) is 16.9 Å². The number of aromatic nitrogens is 2. The molecule has 0 aliphatic carbocycles. The van der Waals surface area contributed by atoms with Crippen LogP contribution in [0.5, 0.6) is 0 Å². The second kappa shape index (κ2) is 6.72. The first-order valence-electron chi connectivity index (χ1n) is 5.92. The van der Waals surface area contributed by atoms with Crippen LogP contribution in [0.1, 0.15) is 12.0 Å². The van der Waals surface area contributed by atoms with Gasteiger partial charge in [-0.1, -0.05) is 17.7 Å². The first kappa shape index (κ1) is 13.3. The van der Waals surface area contributed by atoms with Gasteiger partial charge in [-0.3, -0.25) is 4.98 Å². The maximum Gasteiger partial charge on any atom is 0.131 e. The Bertz CT molecular complexity index is 565. The first-order valence-corrected chi connectivity index (χ1v) is 6.30. The van der Waals surface area contributed by atoms with Crippen molar-refractivity contribution in [3.05, 3.63) is 53.6 Å². The maximum atomic E-state index is 8.76.